The van der Waals surface area contributed by atoms with E-state index in [1.807, 2.05) is 31.9 Å². The quantitative estimate of drug-likeness (QED) is 0.576. The zero-order chi connectivity index (χ0) is 22.6. The summed E-state index contributed by atoms with van der Waals surface area (Å²) in [5.41, 5.74) is 2.72. The van der Waals surface area contributed by atoms with Crippen LogP contribution in [-0.4, -0.2) is 45.0 Å². The highest BCUT2D eigenvalue weighted by Gasteiger charge is 2.22. The van der Waals surface area contributed by atoms with Crippen molar-refractivity contribution in [3.8, 4) is 0 Å². The number of nitrogens with zero attached hydrogens (tertiary/aromatic N) is 3. The molecule has 3 rings (SSSR count). The van der Waals surface area contributed by atoms with Crippen molar-refractivity contribution < 1.29 is 17.7 Å². The molecule has 1 amide bonds. The zero-order valence-electron chi connectivity index (χ0n) is 18.0. The summed E-state index contributed by atoms with van der Waals surface area (Å²) in [7, 11) is -0.443. The smallest absolute Gasteiger partial charge is 0.264 e. The standard InChI is InChI=1S/C22H26N4O4S/c1-16-21(17(2)30-24-16)14-25(3)15-22(27)23-18-9-8-12-20(13-18)31(28,29)26(4)19-10-6-5-7-11-19/h5-13H,14-15H2,1-4H3,(H,23,27). The Bertz CT molecular complexity index is 1140. The molecule has 9 heteroatoms. The average molecular weight is 443 g/mol. The predicted octanol–water partition coefficient (Wildman–Crippen LogP) is 3.19. The molecule has 0 unspecified atom stereocenters. The minimum atomic E-state index is -3.76. The Balaban J connectivity index is 1.68. The van der Waals surface area contributed by atoms with Gasteiger partial charge in [0.1, 0.15) is 5.76 Å². The van der Waals surface area contributed by atoms with Crippen molar-refractivity contribution in [3.05, 3.63) is 71.6 Å². The lowest BCUT2D eigenvalue weighted by Gasteiger charge is -2.20. The number of hydrogen-bond acceptors (Lipinski definition) is 6. The SMILES string of the molecule is Cc1noc(C)c1CN(C)CC(=O)Nc1cccc(S(=O)(=O)N(C)c2ccccc2)c1. The first-order chi connectivity index (χ1) is 14.7. The molecule has 0 saturated carbocycles. The number of benzene rings is 2. The number of aryl methyl sites for hydroxylation is 2. The van der Waals surface area contributed by atoms with Gasteiger partial charge in [-0.15, -0.1) is 0 Å². The molecule has 1 heterocycles. The third-order valence-electron chi connectivity index (χ3n) is 4.92. The Morgan fingerprint density at radius 2 is 1.77 bits per heavy atom. The van der Waals surface area contributed by atoms with Gasteiger partial charge in [-0.1, -0.05) is 29.4 Å². The molecule has 1 aromatic heterocycles. The van der Waals surface area contributed by atoms with Gasteiger partial charge in [0.05, 0.1) is 22.8 Å². The number of carbonyl (C=O) groups is 1. The summed E-state index contributed by atoms with van der Waals surface area (Å²) < 4.78 is 32.3. The van der Waals surface area contributed by atoms with Crippen LogP contribution >= 0.6 is 0 Å². The molecule has 0 radical (unpaired) electrons. The second-order valence-corrected chi connectivity index (χ2v) is 9.33. The molecule has 31 heavy (non-hydrogen) atoms. The summed E-state index contributed by atoms with van der Waals surface area (Å²) in [4.78, 5) is 14.4. The number of anilines is 2. The van der Waals surface area contributed by atoms with Gasteiger partial charge in [0.15, 0.2) is 0 Å². The predicted molar refractivity (Wildman–Crippen MR) is 119 cm³/mol. The molecule has 0 aliphatic carbocycles. The Labute approximate surface area is 182 Å². The lowest BCUT2D eigenvalue weighted by atomic mass is 10.2. The maximum absolute atomic E-state index is 13.0. The molecular weight excluding hydrogens is 416 g/mol. The summed E-state index contributed by atoms with van der Waals surface area (Å²) in [5.74, 6) is 0.477. The molecule has 164 valence electrons. The zero-order valence-corrected chi connectivity index (χ0v) is 18.8. The molecule has 1 N–H and O–H groups in total. The Morgan fingerprint density at radius 3 is 2.42 bits per heavy atom. The molecule has 0 spiro atoms. The first kappa shape index (κ1) is 22.5. The third kappa shape index (κ3) is 5.31. The van der Waals surface area contributed by atoms with Crippen molar-refractivity contribution >= 4 is 27.3 Å². The van der Waals surface area contributed by atoms with Crippen LogP contribution in [0, 0.1) is 13.8 Å². The van der Waals surface area contributed by atoms with E-state index in [0.29, 0.717) is 17.9 Å². The fraction of sp³-hybridized carbons (Fsp3) is 0.273. The number of rotatable bonds is 8. The third-order valence-corrected chi connectivity index (χ3v) is 6.70. The van der Waals surface area contributed by atoms with E-state index in [1.165, 1.54) is 23.5 Å². The summed E-state index contributed by atoms with van der Waals surface area (Å²) in [6.45, 7) is 4.34. The van der Waals surface area contributed by atoms with Gasteiger partial charge in [0, 0.05) is 24.8 Å². The molecule has 0 aliphatic heterocycles. The first-order valence-corrected chi connectivity index (χ1v) is 11.2. The molecule has 0 bridgehead atoms. The van der Waals surface area contributed by atoms with Gasteiger partial charge in [-0.2, -0.15) is 0 Å². The summed E-state index contributed by atoms with van der Waals surface area (Å²) >= 11 is 0. The van der Waals surface area contributed by atoms with Gasteiger partial charge >= 0.3 is 0 Å². The second-order valence-electron chi connectivity index (χ2n) is 7.36. The van der Waals surface area contributed by atoms with Crippen LogP contribution in [0.5, 0.6) is 0 Å². The number of hydrogen-bond donors (Lipinski definition) is 1. The minimum absolute atomic E-state index is 0.0979. The van der Waals surface area contributed by atoms with Crippen molar-refractivity contribution in [2.75, 3.05) is 30.3 Å². The lowest BCUT2D eigenvalue weighted by Crippen LogP contribution is -2.30. The lowest BCUT2D eigenvalue weighted by molar-refractivity contribution is -0.117. The van der Waals surface area contributed by atoms with E-state index in [9.17, 15) is 13.2 Å². The van der Waals surface area contributed by atoms with Crippen LogP contribution < -0.4 is 9.62 Å². The molecule has 0 saturated heterocycles. The van der Waals surface area contributed by atoms with Gasteiger partial charge < -0.3 is 9.84 Å². The van der Waals surface area contributed by atoms with Gasteiger partial charge in [0.2, 0.25) is 5.91 Å². The Hall–Kier alpha value is -3.17. The van der Waals surface area contributed by atoms with E-state index in [0.717, 1.165) is 17.0 Å². The summed E-state index contributed by atoms with van der Waals surface area (Å²) in [6, 6.07) is 15.0. The molecule has 0 fully saturated rings. The fourth-order valence-electron chi connectivity index (χ4n) is 3.17. The Morgan fingerprint density at radius 1 is 1.06 bits per heavy atom. The number of nitrogens with one attached hydrogen (secondary N) is 1. The van der Waals surface area contributed by atoms with E-state index < -0.39 is 10.0 Å². The van der Waals surface area contributed by atoms with Crippen LogP contribution in [0.3, 0.4) is 0 Å². The Kier molecular flexibility index (Phi) is 6.77. The maximum atomic E-state index is 13.0. The normalized spacial score (nSPS) is 11.5. The van der Waals surface area contributed by atoms with Crippen LogP contribution in [-0.2, 0) is 21.4 Å². The van der Waals surface area contributed by atoms with Crippen molar-refractivity contribution in [3.63, 3.8) is 0 Å². The van der Waals surface area contributed by atoms with Gasteiger partial charge in [-0.3, -0.25) is 14.0 Å². The van der Waals surface area contributed by atoms with Crippen LogP contribution in [0.4, 0.5) is 11.4 Å². The largest absolute Gasteiger partial charge is 0.361 e. The second kappa shape index (κ2) is 9.32. The summed E-state index contributed by atoms with van der Waals surface area (Å²) in [6.07, 6.45) is 0. The molecule has 0 atom stereocenters. The van der Waals surface area contributed by atoms with Gasteiger partial charge in [-0.05, 0) is 51.2 Å². The van der Waals surface area contributed by atoms with Crippen molar-refractivity contribution in [2.45, 2.75) is 25.3 Å². The van der Waals surface area contributed by atoms with E-state index in [4.69, 9.17) is 4.52 Å². The minimum Gasteiger partial charge on any atom is -0.361 e. The van der Waals surface area contributed by atoms with E-state index in [1.54, 1.807) is 36.4 Å². The number of aromatic nitrogens is 1. The fourth-order valence-corrected chi connectivity index (χ4v) is 4.41. The van der Waals surface area contributed by atoms with E-state index >= 15 is 0 Å². The highest BCUT2D eigenvalue weighted by Crippen LogP contribution is 2.23. The van der Waals surface area contributed by atoms with Gasteiger partial charge in [0.25, 0.3) is 10.0 Å². The van der Waals surface area contributed by atoms with Crippen LogP contribution in [0.1, 0.15) is 17.0 Å². The van der Waals surface area contributed by atoms with Crippen LogP contribution in [0.2, 0.25) is 0 Å². The topological polar surface area (TPSA) is 95.7 Å². The summed E-state index contributed by atoms with van der Waals surface area (Å²) in [5, 5.41) is 6.69. The van der Waals surface area contributed by atoms with Gasteiger partial charge in [-0.25, -0.2) is 8.42 Å². The molecular formula is C22H26N4O4S. The number of sulfonamides is 1. The number of para-hydroxylation sites is 1. The monoisotopic (exact) mass is 442 g/mol. The number of likely N-dealkylation sites (N-methyl/N-ethyl adjacent to an activating group) is 1. The first-order valence-electron chi connectivity index (χ1n) is 9.72. The van der Waals surface area contributed by atoms with Crippen molar-refractivity contribution in [1.82, 2.24) is 10.1 Å². The average Bonchev–Trinajstić information content (AvgIpc) is 3.05. The molecule has 3 aromatic rings. The van der Waals surface area contributed by atoms with Crippen LogP contribution in [0.25, 0.3) is 0 Å². The highest BCUT2D eigenvalue weighted by atomic mass is 32.2. The highest BCUT2D eigenvalue weighted by molar-refractivity contribution is 7.92. The van der Waals surface area contributed by atoms with Crippen molar-refractivity contribution in [2.24, 2.45) is 0 Å². The van der Waals surface area contributed by atoms with Crippen LogP contribution in [0.15, 0.2) is 64.0 Å². The van der Waals surface area contributed by atoms with Crippen molar-refractivity contribution in [1.29, 1.82) is 0 Å². The van der Waals surface area contributed by atoms with E-state index in [-0.39, 0.29) is 17.3 Å². The number of carbonyl (C=O) groups excluding carboxylic acids is 1. The van der Waals surface area contributed by atoms with E-state index in [2.05, 4.69) is 10.5 Å². The molecule has 2 aromatic carbocycles. The molecule has 8 nitrogen and oxygen atoms in total. The number of amides is 1. The molecule has 0 aliphatic rings. The maximum Gasteiger partial charge on any atom is 0.264 e.